The van der Waals surface area contributed by atoms with Gasteiger partial charge in [-0.05, 0) is 36.5 Å². The third-order valence-electron chi connectivity index (χ3n) is 5.71. The first-order valence-electron chi connectivity index (χ1n) is 14.4. The molecular weight excluding hydrogens is 607 g/mol. The summed E-state index contributed by atoms with van der Waals surface area (Å²) in [5, 5.41) is 0. The molecule has 0 unspecified atom stereocenters. The molecule has 0 fully saturated rings. The Bertz CT molecular complexity index is 966. The molecule has 0 aromatic carbocycles. The topological polar surface area (TPSA) is 145 Å². The van der Waals surface area contributed by atoms with Crippen LogP contribution in [0.1, 0.15) is 59.3 Å². The zero-order chi connectivity index (χ0) is 31.2. The number of esters is 3. The van der Waals surface area contributed by atoms with Gasteiger partial charge in [-0.3, -0.25) is 14.4 Å². The summed E-state index contributed by atoms with van der Waals surface area (Å²) in [6.07, 6.45) is 5.99. The third-order valence-corrected chi connectivity index (χ3v) is 8.76. The number of hydrogen-bond acceptors (Lipinski definition) is 12. The molecule has 0 aliphatic carbocycles. The molecule has 0 aliphatic rings. The Morgan fingerprint density at radius 1 is 0.524 bits per heavy atom. The van der Waals surface area contributed by atoms with Crippen LogP contribution in [0, 0.1) is 0 Å². The molecular formula is C27H45N3O9S3. The van der Waals surface area contributed by atoms with E-state index in [1.165, 1.54) is 35.3 Å². The second kappa shape index (κ2) is 23.3. The number of nitrogens with zero attached hydrogens (tertiary/aromatic N) is 3. The fourth-order valence-electron chi connectivity index (χ4n) is 3.34. The van der Waals surface area contributed by atoms with Crippen LogP contribution in [0.25, 0.3) is 0 Å². The van der Waals surface area contributed by atoms with Crippen LogP contribution in [0.2, 0.25) is 0 Å². The number of aromatic nitrogens is 3. The van der Waals surface area contributed by atoms with Gasteiger partial charge >= 0.3 is 35.0 Å². The molecule has 0 amide bonds. The summed E-state index contributed by atoms with van der Waals surface area (Å²) < 4.78 is 17.9. The SMILES string of the molecule is CCCCSCC(=O)OCCn1c(=O)n(CCOC(=O)CSCCCC)c(=O)n(CCOC(=O)CSCCCC)c1=O. The predicted octanol–water partition coefficient (Wildman–Crippen LogP) is 2.40. The minimum Gasteiger partial charge on any atom is -0.463 e. The Balaban J connectivity index is 2.95. The highest BCUT2D eigenvalue weighted by Gasteiger charge is 2.17. The van der Waals surface area contributed by atoms with E-state index in [0.717, 1.165) is 69.5 Å². The summed E-state index contributed by atoms with van der Waals surface area (Å²) in [6.45, 7) is 4.62. The van der Waals surface area contributed by atoms with Gasteiger partial charge in [0.25, 0.3) is 0 Å². The fraction of sp³-hybridized carbons (Fsp3) is 0.778. The van der Waals surface area contributed by atoms with E-state index in [4.69, 9.17) is 14.2 Å². The molecule has 1 aromatic heterocycles. The minimum absolute atomic E-state index is 0.156. The average molecular weight is 652 g/mol. The van der Waals surface area contributed by atoms with Crippen LogP contribution in [0.3, 0.4) is 0 Å². The third kappa shape index (κ3) is 15.4. The van der Waals surface area contributed by atoms with E-state index in [-0.39, 0.29) is 56.7 Å². The Hall–Kier alpha value is -2.13. The van der Waals surface area contributed by atoms with E-state index in [2.05, 4.69) is 20.8 Å². The molecule has 15 heteroatoms. The largest absolute Gasteiger partial charge is 0.463 e. The number of ether oxygens (including phenoxy) is 3. The molecule has 1 aromatic rings. The van der Waals surface area contributed by atoms with Crippen LogP contribution in [-0.4, -0.2) is 85.9 Å². The van der Waals surface area contributed by atoms with Crippen molar-refractivity contribution < 1.29 is 28.6 Å². The molecule has 240 valence electrons. The van der Waals surface area contributed by atoms with Gasteiger partial charge in [0.1, 0.15) is 19.8 Å². The van der Waals surface area contributed by atoms with Crippen molar-refractivity contribution in [3.05, 3.63) is 31.5 Å². The summed E-state index contributed by atoms with van der Waals surface area (Å²) >= 11 is 4.33. The number of unbranched alkanes of at least 4 members (excludes halogenated alkanes) is 3. The second-order valence-corrected chi connectivity index (χ2v) is 12.5. The van der Waals surface area contributed by atoms with Crippen LogP contribution in [0.4, 0.5) is 0 Å². The molecule has 0 aliphatic heterocycles. The Kier molecular flexibility index (Phi) is 21.1. The normalized spacial score (nSPS) is 10.9. The van der Waals surface area contributed by atoms with Crippen molar-refractivity contribution in [1.82, 2.24) is 13.7 Å². The number of hydrogen-bond donors (Lipinski definition) is 0. The molecule has 0 spiro atoms. The van der Waals surface area contributed by atoms with Crippen molar-refractivity contribution in [2.45, 2.75) is 78.9 Å². The first-order chi connectivity index (χ1) is 20.3. The number of thioether (sulfide) groups is 3. The maximum absolute atomic E-state index is 13.1. The van der Waals surface area contributed by atoms with Gasteiger partial charge in [0.05, 0.1) is 36.9 Å². The van der Waals surface area contributed by atoms with Gasteiger partial charge in [-0.15, -0.1) is 0 Å². The maximum Gasteiger partial charge on any atom is 0.336 e. The zero-order valence-corrected chi connectivity index (χ0v) is 27.4. The van der Waals surface area contributed by atoms with Crippen molar-refractivity contribution in [3.8, 4) is 0 Å². The van der Waals surface area contributed by atoms with Gasteiger partial charge in [0, 0.05) is 0 Å². The van der Waals surface area contributed by atoms with Crippen LogP contribution in [-0.2, 0) is 48.2 Å². The molecule has 0 bridgehead atoms. The van der Waals surface area contributed by atoms with E-state index in [9.17, 15) is 28.8 Å². The van der Waals surface area contributed by atoms with E-state index in [1.807, 2.05) is 0 Å². The monoisotopic (exact) mass is 651 g/mol. The quantitative estimate of drug-likeness (QED) is 0.0919. The van der Waals surface area contributed by atoms with Gasteiger partial charge in [-0.25, -0.2) is 28.1 Å². The summed E-state index contributed by atoms with van der Waals surface area (Å²) in [5.41, 5.74) is -2.73. The fourth-order valence-corrected chi connectivity index (χ4v) is 6.00. The Labute approximate surface area is 259 Å². The minimum atomic E-state index is -0.910. The van der Waals surface area contributed by atoms with Crippen molar-refractivity contribution in [2.75, 3.05) is 54.3 Å². The first-order valence-corrected chi connectivity index (χ1v) is 17.9. The van der Waals surface area contributed by atoms with E-state index in [0.29, 0.717) is 0 Å². The van der Waals surface area contributed by atoms with Crippen LogP contribution in [0.15, 0.2) is 14.4 Å². The van der Waals surface area contributed by atoms with Gasteiger partial charge in [0.15, 0.2) is 0 Å². The standard InChI is InChI=1S/C27H45N3O9S3/c1-4-7-16-40-19-22(31)37-13-10-28-25(34)29(11-14-38-23(32)20-41-17-8-5-2)27(36)30(26(28)35)12-15-39-24(33)21-42-18-9-6-3/h4-21H2,1-3H3. The van der Waals surface area contributed by atoms with E-state index < -0.39 is 35.0 Å². The summed E-state index contributed by atoms with van der Waals surface area (Å²) in [5.74, 6) is 1.54. The molecule has 0 saturated carbocycles. The van der Waals surface area contributed by atoms with E-state index >= 15 is 0 Å². The average Bonchev–Trinajstić information content (AvgIpc) is 2.97. The zero-order valence-electron chi connectivity index (χ0n) is 25.0. The lowest BCUT2D eigenvalue weighted by molar-refractivity contribution is -0.141. The molecule has 0 radical (unpaired) electrons. The molecule has 42 heavy (non-hydrogen) atoms. The van der Waals surface area contributed by atoms with Gasteiger partial charge in [-0.2, -0.15) is 35.3 Å². The smallest absolute Gasteiger partial charge is 0.336 e. The lowest BCUT2D eigenvalue weighted by Gasteiger charge is -2.14. The predicted molar refractivity (Wildman–Crippen MR) is 169 cm³/mol. The Morgan fingerprint density at radius 3 is 1.02 bits per heavy atom. The first kappa shape index (κ1) is 37.9. The van der Waals surface area contributed by atoms with Crippen molar-refractivity contribution in [2.24, 2.45) is 0 Å². The number of carbonyl (C=O) groups excluding carboxylic acids is 3. The number of rotatable bonds is 24. The van der Waals surface area contributed by atoms with Crippen molar-refractivity contribution >= 4 is 53.2 Å². The highest BCUT2D eigenvalue weighted by molar-refractivity contribution is 8.00. The van der Waals surface area contributed by atoms with Gasteiger partial charge in [0.2, 0.25) is 0 Å². The van der Waals surface area contributed by atoms with Crippen LogP contribution < -0.4 is 17.1 Å². The summed E-state index contributed by atoms with van der Waals surface area (Å²) in [7, 11) is 0. The molecule has 0 saturated heterocycles. The highest BCUT2D eigenvalue weighted by atomic mass is 32.2. The lowest BCUT2D eigenvalue weighted by atomic mass is 10.4. The van der Waals surface area contributed by atoms with Gasteiger partial charge < -0.3 is 14.2 Å². The summed E-state index contributed by atoms with van der Waals surface area (Å²) in [6, 6.07) is 0. The van der Waals surface area contributed by atoms with Crippen LogP contribution in [0.5, 0.6) is 0 Å². The Morgan fingerprint density at radius 2 is 0.786 bits per heavy atom. The van der Waals surface area contributed by atoms with Gasteiger partial charge in [-0.1, -0.05) is 40.0 Å². The number of carbonyl (C=O) groups is 3. The summed E-state index contributed by atoms with van der Waals surface area (Å²) in [4.78, 5) is 75.3. The van der Waals surface area contributed by atoms with E-state index in [1.54, 1.807) is 0 Å². The molecule has 12 nitrogen and oxygen atoms in total. The molecule has 0 atom stereocenters. The van der Waals surface area contributed by atoms with Crippen molar-refractivity contribution in [1.29, 1.82) is 0 Å². The maximum atomic E-state index is 13.1. The second-order valence-electron chi connectivity index (χ2n) is 9.18. The molecule has 1 heterocycles. The van der Waals surface area contributed by atoms with Crippen LogP contribution >= 0.6 is 35.3 Å². The molecule has 1 rings (SSSR count). The van der Waals surface area contributed by atoms with Crippen molar-refractivity contribution in [3.63, 3.8) is 0 Å². The highest BCUT2D eigenvalue weighted by Crippen LogP contribution is 2.06. The molecule has 0 N–H and O–H groups in total. The lowest BCUT2D eigenvalue weighted by Crippen LogP contribution is -2.55.